The molecule has 3 heteroatoms. The minimum absolute atomic E-state index is 0.0735. The van der Waals surface area contributed by atoms with Crippen LogP contribution in [0.15, 0.2) is 0 Å². The molecule has 1 aliphatic heterocycles. The van der Waals surface area contributed by atoms with Crippen LogP contribution in [-0.4, -0.2) is 24.8 Å². The SMILES string of the molecule is CCCCCCCCC1OC1CCCC(=O)OCC. The van der Waals surface area contributed by atoms with Gasteiger partial charge in [0.1, 0.15) is 0 Å². The molecule has 3 nitrogen and oxygen atoms in total. The van der Waals surface area contributed by atoms with E-state index in [1.807, 2.05) is 6.92 Å². The molecule has 2 atom stereocenters. The number of unbranched alkanes of at least 4 members (excludes halogenated alkanes) is 5. The van der Waals surface area contributed by atoms with Crippen molar-refractivity contribution in [2.75, 3.05) is 6.61 Å². The predicted molar refractivity (Wildman–Crippen MR) is 77.1 cm³/mol. The summed E-state index contributed by atoms with van der Waals surface area (Å²) in [4.78, 5) is 11.2. The topological polar surface area (TPSA) is 38.8 Å². The Kier molecular flexibility index (Phi) is 8.89. The predicted octanol–water partition coefficient (Wildman–Crippen LogP) is 4.24. The van der Waals surface area contributed by atoms with E-state index in [0.717, 1.165) is 12.8 Å². The van der Waals surface area contributed by atoms with E-state index in [-0.39, 0.29) is 5.97 Å². The Labute approximate surface area is 118 Å². The maximum Gasteiger partial charge on any atom is 0.305 e. The summed E-state index contributed by atoms with van der Waals surface area (Å²) in [6.45, 7) is 4.58. The van der Waals surface area contributed by atoms with Crippen LogP contribution in [0.25, 0.3) is 0 Å². The number of rotatable bonds is 12. The lowest BCUT2D eigenvalue weighted by atomic mass is 10.1. The summed E-state index contributed by atoms with van der Waals surface area (Å²) in [6, 6.07) is 0. The summed E-state index contributed by atoms with van der Waals surface area (Å²) in [5, 5.41) is 0. The molecule has 0 N–H and O–H groups in total. The van der Waals surface area contributed by atoms with Gasteiger partial charge in [0.05, 0.1) is 18.8 Å². The molecule has 0 saturated carbocycles. The van der Waals surface area contributed by atoms with Crippen molar-refractivity contribution in [3.63, 3.8) is 0 Å². The van der Waals surface area contributed by atoms with Crippen LogP contribution in [0, 0.1) is 0 Å². The third-order valence-electron chi connectivity index (χ3n) is 3.70. The first kappa shape index (κ1) is 16.5. The van der Waals surface area contributed by atoms with Crippen molar-refractivity contribution in [3.05, 3.63) is 0 Å². The molecule has 112 valence electrons. The van der Waals surface area contributed by atoms with Crippen molar-refractivity contribution in [3.8, 4) is 0 Å². The summed E-state index contributed by atoms with van der Waals surface area (Å²) >= 11 is 0. The van der Waals surface area contributed by atoms with Crippen LogP contribution >= 0.6 is 0 Å². The maximum atomic E-state index is 11.2. The maximum absolute atomic E-state index is 11.2. The number of ether oxygens (including phenoxy) is 2. The minimum atomic E-state index is -0.0735. The van der Waals surface area contributed by atoms with Crippen LogP contribution in [0.1, 0.15) is 78.1 Å². The van der Waals surface area contributed by atoms with Gasteiger partial charge >= 0.3 is 5.97 Å². The Morgan fingerprint density at radius 3 is 2.26 bits per heavy atom. The van der Waals surface area contributed by atoms with E-state index in [0.29, 0.717) is 25.2 Å². The summed E-state index contributed by atoms with van der Waals surface area (Å²) in [5.74, 6) is -0.0735. The van der Waals surface area contributed by atoms with Crippen LogP contribution in [0.4, 0.5) is 0 Å². The summed E-state index contributed by atoms with van der Waals surface area (Å²) < 4.78 is 10.5. The standard InChI is InChI=1S/C16H30O3/c1-3-5-6-7-8-9-11-14-15(19-14)12-10-13-16(17)18-4-2/h14-15H,3-13H2,1-2H3. The molecule has 0 aromatic heterocycles. The second-order valence-electron chi connectivity index (χ2n) is 5.47. The van der Waals surface area contributed by atoms with Crippen molar-refractivity contribution in [2.45, 2.75) is 90.3 Å². The quantitative estimate of drug-likeness (QED) is 0.302. The number of carbonyl (C=O) groups excluding carboxylic acids is 1. The highest BCUT2D eigenvalue weighted by Gasteiger charge is 2.37. The molecular weight excluding hydrogens is 240 g/mol. The van der Waals surface area contributed by atoms with E-state index in [4.69, 9.17) is 9.47 Å². The van der Waals surface area contributed by atoms with Crippen LogP contribution in [0.2, 0.25) is 0 Å². The average molecular weight is 270 g/mol. The fourth-order valence-corrected chi connectivity index (χ4v) is 2.49. The van der Waals surface area contributed by atoms with E-state index in [2.05, 4.69) is 6.92 Å². The molecule has 1 fully saturated rings. The summed E-state index contributed by atoms with van der Waals surface area (Å²) in [6.07, 6.45) is 12.6. The van der Waals surface area contributed by atoms with Crippen molar-refractivity contribution in [2.24, 2.45) is 0 Å². The highest BCUT2D eigenvalue weighted by Crippen LogP contribution is 2.31. The molecule has 0 aromatic carbocycles. The van der Waals surface area contributed by atoms with Gasteiger partial charge in [-0.15, -0.1) is 0 Å². The molecule has 2 unspecified atom stereocenters. The van der Waals surface area contributed by atoms with Gasteiger partial charge in [0.25, 0.3) is 0 Å². The zero-order valence-corrected chi connectivity index (χ0v) is 12.7. The van der Waals surface area contributed by atoms with Gasteiger partial charge < -0.3 is 9.47 Å². The molecule has 1 rings (SSSR count). The van der Waals surface area contributed by atoms with Crippen LogP contribution in [0.3, 0.4) is 0 Å². The third-order valence-corrected chi connectivity index (χ3v) is 3.70. The Bertz CT molecular complexity index is 240. The molecule has 0 spiro atoms. The van der Waals surface area contributed by atoms with E-state index >= 15 is 0 Å². The average Bonchev–Trinajstić information content (AvgIpc) is 3.13. The Morgan fingerprint density at radius 1 is 0.947 bits per heavy atom. The molecule has 0 radical (unpaired) electrons. The second kappa shape index (κ2) is 10.2. The van der Waals surface area contributed by atoms with E-state index in [1.54, 1.807) is 0 Å². The van der Waals surface area contributed by atoms with E-state index in [9.17, 15) is 4.79 Å². The first-order chi connectivity index (χ1) is 9.27. The Balaban J connectivity index is 1.84. The zero-order valence-electron chi connectivity index (χ0n) is 12.7. The normalized spacial score (nSPS) is 21.4. The lowest BCUT2D eigenvalue weighted by molar-refractivity contribution is -0.143. The molecule has 1 saturated heterocycles. The highest BCUT2D eigenvalue weighted by atomic mass is 16.6. The van der Waals surface area contributed by atoms with Crippen molar-refractivity contribution in [1.29, 1.82) is 0 Å². The van der Waals surface area contributed by atoms with Crippen molar-refractivity contribution < 1.29 is 14.3 Å². The van der Waals surface area contributed by atoms with Crippen LogP contribution in [0.5, 0.6) is 0 Å². The Hall–Kier alpha value is -0.570. The molecule has 0 aliphatic carbocycles. The van der Waals surface area contributed by atoms with Gasteiger partial charge in [-0.25, -0.2) is 0 Å². The van der Waals surface area contributed by atoms with Crippen LogP contribution < -0.4 is 0 Å². The smallest absolute Gasteiger partial charge is 0.305 e. The van der Waals surface area contributed by atoms with Gasteiger partial charge in [-0.3, -0.25) is 4.79 Å². The first-order valence-electron chi connectivity index (χ1n) is 8.09. The van der Waals surface area contributed by atoms with Gasteiger partial charge in [-0.2, -0.15) is 0 Å². The van der Waals surface area contributed by atoms with Crippen LogP contribution in [-0.2, 0) is 14.3 Å². The van der Waals surface area contributed by atoms with Gasteiger partial charge in [0.15, 0.2) is 0 Å². The number of hydrogen-bond acceptors (Lipinski definition) is 3. The van der Waals surface area contributed by atoms with E-state index in [1.165, 1.54) is 44.9 Å². The highest BCUT2D eigenvalue weighted by molar-refractivity contribution is 5.69. The molecule has 1 aliphatic rings. The molecule has 1 heterocycles. The fourth-order valence-electron chi connectivity index (χ4n) is 2.49. The molecule has 0 aromatic rings. The van der Waals surface area contributed by atoms with Gasteiger partial charge in [-0.1, -0.05) is 45.4 Å². The number of epoxide rings is 1. The van der Waals surface area contributed by atoms with E-state index < -0.39 is 0 Å². The minimum Gasteiger partial charge on any atom is -0.466 e. The zero-order chi connectivity index (χ0) is 13.9. The number of esters is 1. The monoisotopic (exact) mass is 270 g/mol. The van der Waals surface area contributed by atoms with Crippen molar-refractivity contribution >= 4 is 5.97 Å². The third kappa shape index (κ3) is 8.25. The number of carbonyl (C=O) groups is 1. The number of hydrogen-bond donors (Lipinski definition) is 0. The lowest BCUT2D eigenvalue weighted by Gasteiger charge is -2.00. The summed E-state index contributed by atoms with van der Waals surface area (Å²) in [5.41, 5.74) is 0. The second-order valence-corrected chi connectivity index (χ2v) is 5.47. The van der Waals surface area contributed by atoms with Crippen molar-refractivity contribution in [1.82, 2.24) is 0 Å². The molecular formula is C16H30O3. The summed E-state index contributed by atoms with van der Waals surface area (Å²) in [7, 11) is 0. The lowest BCUT2D eigenvalue weighted by Crippen LogP contribution is -2.04. The van der Waals surface area contributed by atoms with Gasteiger partial charge in [0, 0.05) is 6.42 Å². The van der Waals surface area contributed by atoms with Gasteiger partial charge in [0.2, 0.25) is 0 Å². The van der Waals surface area contributed by atoms with Gasteiger partial charge in [-0.05, 0) is 26.2 Å². The first-order valence-corrected chi connectivity index (χ1v) is 8.09. The molecule has 0 bridgehead atoms. The fraction of sp³-hybridized carbons (Fsp3) is 0.938. The largest absolute Gasteiger partial charge is 0.466 e. The molecule has 19 heavy (non-hydrogen) atoms. The molecule has 0 amide bonds. The Morgan fingerprint density at radius 2 is 1.58 bits per heavy atom.